The number of nitrogens with one attached hydrogen (secondary N) is 1. The van der Waals surface area contributed by atoms with Crippen LogP contribution in [0, 0.1) is 11.6 Å². The fourth-order valence-corrected chi connectivity index (χ4v) is 2.97. The molecule has 0 bridgehead atoms. The van der Waals surface area contributed by atoms with Gasteiger partial charge in [0.2, 0.25) is 0 Å². The number of halogens is 6. The first kappa shape index (κ1) is 19.0. The normalized spacial score (nSPS) is 12.7. The van der Waals surface area contributed by atoms with E-state index < -0.39 is 24.2 Å². The van der Waals surface area contributed by atoms with Crippen LogP contribution in [0.2, 0.25) is 10.0 Å². The molecule has 24 heavy (non-hydrogen) atoms. The van der Waals surface area contributed by atoms with Crippen molar-refractivity contribution in [3.05, 3.63) is 68.7 Å². The molecule has 2 nitrogen and oxygen atoms in total. The summed E-state index contributed by atoms with van der Waals surface area (Å²) in [6.07, 6.45) is -3.90. The molecule has 0 aliphatic rings. The van der Waals surface area contributed by atoms with Gasteiger partial charge >= 0.3 is 0 Å². The highest BCUT2D eigenvalue weighted by atomic mass is 35.5. The minimum atomic E-state index is -2.73. The van der Waals surface area contributed by atoms with E-state index in [-0.39, 0.29) is 34.3 Å². The molecular weight excluding hydrogens is 369 g/mol. The Balaban J connectivity index is 2.03. The van der Waals surface area contributed by atoms with Crippen LogP contribution in [0.4, 0.5) is 17.6 Å². The van der Waals surface area contributed by atoms with Gasteiger partial charge in [0, 0.05) is 40.3 Å². The number of rotatable bonds is 6. The Morgan fingerprint density at radius 3 is 2.00 bits per heavy atom. The first-order chi connectivity index (χ1) is 11.3. The summed E-state index contributed by atoms with van der Waals surface area (Å²) >= 11 is 11.8. The lowest BCUT2D eigenvalue weighted by atomic mass is 10.1. The molecule has 2 aromatic rings. The fraction of sp³-hybridized carbons (Fsp3) is 0.250. The van der Waals surface area contributed by atoms with E-state index in [9.17, 15) is 22.7 Å². The Morgan fingerprint density at radius 1 is 0.958 bits per heavy atom. The van der Waals surface area contributed by atoms with Crippen molar-refractivity contribution in [1.82, 2.24) is 5.32 Å². The maximum absolute atomic E-state index is 13.1. The standard InChI is InChI=1S/C16H13Cl2F4NO/c17-12-3-9(16(21)22)4-13(18)15(12)14(24)7-23-6-8-1-10(19)5-11(20)2-8/h1-5,14,16,23-24H,6-7H2. The molecule has 0 radical (unpaired) electrons. The molecule has 0 amide bonds. The zero-order valence-electron chi connectivity index (χ0n) is 12.2. The van der Waals surface area contributed by atoms with Crippen LogP contribution >= 0.6 is 23.2 Å². The van der Waals surface area contributed by atoms with E-state index in [1.54, 1.807) is 0 Å². The van der Waals surface area contributed by atoms with Gasteiger partial charge in [0.25, 0.3) is 6.43 Å². The predicted molar refractivity (Wildman–Crippen MR) is 84.4 cm³/mol. The Labute approximate surface area is 146 Å². The largest absolute Gasteiger partial charge is 0.387 e. The number of benzene rings is 2. The van der Waals surface area contributed by atoms with Crippen molar-refractivity contribution in [2.75, 3.05) is 6.54 Å². The maximum Gasteiger partial charge on any atom is 0.263 e. The van der Waals surface area contributed by atoms with Crippen molar-refractivity contribution in [1.29, 1.82) is 0 Å². The lowest BCUT2D eigenvalue weighted by Gasteiger charge is -2.16. The molecule has 0 spiro atoms. The molecule has 130 valence electrons. The first-order valence-electron chi connectivity index (χ1n) is 6.88. The molecule has 1 unspecified atom stereocenters. The van der Waals surface area contributed by atoms with Crippen LogP contribution in [-0.2, 0) is 6.54 Å². The van der Waals surface area contributed by atoms with Gasteiger partial charge in [0.05, 0.1) is 6.10 Å². The van der Waals surface area contributed by atoms with E-state index in [0.29, 0.717) is 5.56 Å². The molecule has 2 N–H and O–H groups in total. The summed E-state index contributed by atoms with van der Waals surface area (Å²) in [5.74, 6) is -1.41. The zero-order chi connectivity index (χ0) is 17.9. The molecule has 0 saturated carbocycles. The number of aliphatic hydroxyl groups is 1. The van der Waals surface area contributed by atoms with Gasteiger partial charge in [-0.15, -0.1) is 0 Å². The monoisotopic (exact) mass is 381 g/mol. The summed E-state index contributed by atoms with van der Waals surface area (Å²) < 4.78 is 51.5. The van der Waals surface area contributed by atoms with E-state index in [1.807, 2.05) is 0 Å². The molecule has 1 atom stereocenters. The quantitative estimate of drug-likeness (QED) is 0.687. The van der Waals surface area contributed by atoms with Crippen LogP contribution in [0.25, 0.3) is 0 Å². The second kappa shape index (κ2) is 8.16. The molecule has 2 aromatic carbocycles. The first-order valence-corrected chi connectivity index (χ1v) is 7.64. The predicted octanol–water partition coefficient (Wildman–Crippen LogP) is 5.03. The molecule has 0 aliphatic heterocycles. The molecule has 0 aliphatic carbocycles. The number of hydrogen-bond acceptors (Lipinski definition) is 2. The minimum Gasteiger partial charge on any atom is -0.387 e. The number of alkyl halides is 2. The van der Waals surface area contributed by atoms with Crippen LogP contribution in [0.15, 0.2) is 30.3 Å². The topological polar surface area (TPSA) is 32.3 Å². The minimum absolute atomic E-state index is 0.0361. The van der Waals surface area contributed by atoms with Crippen molar-refractivity contribution in [2.24, 2.45) is 0 Å². The van der Waals surface area contributed by atoms with Gasteiger partial charge in [0.15, 0.2) is 0 Å². The van der Waals surface area contributed by atoms with Gasteiger partial charge in [-0.3, -0.25) is 0 Å². The highest BCUT2D eigenvalue weighted by Gasteiger charge is 2.19. The van der Waals surface area contributed by atoms with Crippen LogP contribution in [0.5, 0.6) is 0 Å². The summed E-state index contributed by atoms with van der Waals surface area (Å²) in [6.45, 7) is 0.0572. The number of hydrogen-bond donors (Lipinski definition) is 2. The van der Waals surface area contributed by atoms with E-state index in [1.165, 1.54) is 0 Å². The smallest absolute Gasteiger partial charge is 0.263 e. The summed E-state index contributed by atoms with van der Waals surface area (Å²) in [5, 5.41) is 12.8. The summed E-state index contributed by atoms with van der Waals surface area (Å²) in [6, 6.07) is 5.14. The molecule has 0 saturated heterocycles. The molecule has 8 heteroatoms. The van der Waals surface area contributed by atoms with Crippen LogP contribution in [-0.4, -0.2) is 11.7 Å². The van der Waals surface area contributed by atoms with Gasteiger partial charge in [-0.1, -0.05) is 23.2 Å². The molecule has 2 rings (SSSR count). The van der Waals surface area contributed by atoms with Gasteiger partial charge < -0.3 is 10.4 Å². The zero-order valence-corrected chi connectivity index (χ0v) is 13.7. The third kappa shape index (κ3) is 4.83. The third-order valence-electron chi connectivity index (χ3n) is 3.28. The van der Waals surface area contributed by atoms with Gasteiger partial charge in [-0.25, -0.2) is 17.6 Å². The lowest BCUT2D eigenvalue weighted by Crippen LogP contribution is -2.21. The second-order valence-electron chi connectivity index (χ2n) is 5.12. The second-order valence-corrected chi connectivity index (χ2v) is 5.94. The summed E-state index contributed by atoms with van der Waals surface area (Å²) in [5.41, 5.74) is 0.120. The Hall–Kier alpha value is -1.34. The van der Waals surface area contributed by atoms with Gasteiger partial charge in [0.1, 0.15) is 11.6 Å². The van der Waals surface area contributed by atoms with Crippen LogP contribution < -0.4 is 5.32 Å². The molecular formula is C16H13Cl2F4NO. The Bertz CT molecular complexity index is 684. The van der Waals surface area contributed by atoms with Crippen LogP contribution in [0.1, 0.15) is 29.2 Å². The van der Waals surface area contributed by atoms with Crippen molar-refractivity contribution in [3.8, 4) is 0 Å². The van der Waals surface area contributed by atoms with E-state index >= 15 is 0 Å². The van der Waals surface area contributed by atoms with Crippen molar-refractivity contribution in [2.45, 2.75) is 19.1 Å². The average molecular weight is 382 g/mol. The Morgan fingerprint density at radius 2 is 1.50 bits per heavy atom. The maximum atomic E-state index is 13.1. The van der Waals surface area contributed by atoms with Crippen LogP contribution in [0.3, 0.4) is 0 Å². The van der Waals surface area contributed by atoms with E-state index in [2.05, 4.69) is 5.32 Å². The highest BCUT2D eigenvalue weighted by Crippen LogP contribution is 2.34. The SMILES string of the molecule is OC(CNCc1cc(F)cc(F)c1)c1c(Cl)cc(C(F)F)cc1Cl. The molecule has 0 heterocycles. The van der Waals surface area contributed by atoms with Crippen molar-refractivity contribution in [3.63, 3.8) is 0 Å². The average Bonchev–Trinajstić information content (AvgIpc) is 2.45. The third-order valence-corrected chi connectivity index (χ3v) is 3.90. The number of aliphatic hydroxyl groups excluding tert-OH is 1. The fourth-order valence-electron chi connectivity index (χ4n) is 2.22. The summed E-state index contributed by atoms with van der Waals surface area (Å²) in [7, 11) is 0. The highest BCUT2D eigenvalue weighted by molar-refractivity contribution is 6.36. The van der Waals surface area contributed by atoms with Crippen molar-refractivity contribution < 1.29 is 22.7 Å². The van der Waals surface area contributed by atoms with E-state index in [4.69, 9.17) is 23.2 Å². The molecule has 0 aromatic heterocycles. The lowest BCUT2D eigenvalue weighted by molar-refractivity contribution is 0.150. The van der Waals surface area contributed by atoms with Crippen molar-refractivity contribution >= 4 is 23.2 Å². The van der Waals surface area contributed by atoms with Gasteiger partial charge in [-0.2, -0.15) is 0 Å². The van der Waals surface area contributed by atoms with Gasteiger partial charge in [-0.05, 0) is 29.8 Å². The van der Waals surface area contributed by atoms with E-state index in [0.717, 1.165) is 30.3 Å². The molecule has 0 fully saturated rings. The Kier molecular flexibility index (Phi) is 6.46. The summed E-state index contributed by atoms with van der Waals surface area (Å²) in [4.78, 5) is 0.